The summed E-state index contributed by atoms with van der Waals surface area (Å²) in [5.74, 6) is 0. The van der Waals surface area contributed by atoms with Gasteiger partial charge in [0, 0.05) is 18.0 Å². The second-order valence-corrected chi connectivity index (χ2v) is 7.39. The molecule has 0 saturated carbocycles. The van der Waals surface area contributed by atoms with Crippen molar-refractivity contribution in [1.29, 1.82) is 0 Å². The molecule has 0 fully saturated rings. The van der Waals surface area contributed by atoms with Gasteiger partial charge in [0.1, 0.15) is 0 Å². The molecule has 0 aliphatic rings. The van der Waals surface area contributed by atoms with E-state index >= 15 is 0 Å². The van der Waals surface area contributed by atoms with Gasteiger partial charge < -0.3 is 10.6 Å². The minimum Gasteiger partial charge on any atom is -0.368 e. The summed E-state index contributed by atoms with van der Waals surface area (Å²) in [6.45, 7) is 2.89. The third kappa shape index (κ3) is 4.36. The van der Waals surface area contributed by atoms with Gasteiger partial charge in [0.15, 0.2) is 0 Å². The van der Waals surface area contributed by atoms with Gasteiger partial charge in [-0.2, -0.15) is 0 Å². The SMILES string of the molecule is CCC(N)Cc1cccc(Cl)c1N(C)Cc1ccc(Cl)s1. The molecule has 0 saturated heterocycles. The summed E-state index contributed by atoms with van der Waals surface area (Å²) < 4.78 is 0.811. The quantitative estimate of drug-likeness (QED) is 0.802. The summed E-state index contributed by atoms with van der Waals surface area (Å²) in [6, 6.07) is 10.2. The summed E-state index contributed by atoms with van der Waals surface area (Å²) in [6.07, 6.45) is 1.79. The Morgan fingerprint density at radius 1 is 1.24 bits per heavy atom. The predicted molar refractivity (Wildman–Crippen MR) is 94.9 cm³/mol. The predicted octanol–water partition coefficient (Wildman–Crippen LogP) is 4.97. The Morgan fingerprint density at radius 2 is 2.00 bits per heavy atom. The van der Waals surface area contributed by atoms with E-state index in [0.29, 0.717) is 0 Å². The van der Waals surface area contributed by atoms with Crippen LogP contribution in [0.1, 0.15) is 23.8 Å². The third-order valence-corrected chi connectivity index (χ3v) is 5.00. The Bertz CT molecular complexity index is 598. The van der Waals surface area contributed by atoms with Gasteiger partial charge in [-0.15, -0.1) is 11.3 Å². The number of para-hydroxylation sites is 1. The number of benzene rings is 1. The average molecular weight is 343 g/mol. The first-order valence-electron chi connectivity index (χ1n) is 6.99. The maximum absolute atomic E-state index is 6.42. The third-order valence-electron chi connectivity index (χ3n) is 3.48. The van der Waals surface area contributed by atoms with Crippen LogP contribution in [0.2, 0.25) is 9.36 Å². The van der Waals surface area contributed by atoms with Crippen molar-refractivity contribution < 1.29 is 0 Å². The van der Waals surface area contributed by atoms with Gasteiger partial charge in [-0.25, -0.2) is 0 Å². The molecule has 2 aromatic rings. The van der Waals surface area contributed by atoms with Crippen LogP contribution in [0.25, 0.3) is 0 Å². The van der Waals surface area contributed by atoms with Crippen LogP contribution in [0.5, 0.6) is 0 Å². The fourth-order valence-electron chi connectivity index (χ4n) is 2.33. The Hall–Kier alpha value is -0.740. The van der Waals surface area contributed by atoms with Crippen molar-refractivity contribution in [2.45, 2.75) is 32.4 Å². The Morgan fingerprint density at radius 3 is 2.62 bits per heavy atom. The number of anilines is 1. The summed E-state index contributed by atoms with van der Waals surface area (Å²) in [5.41, 5.74) is 8.36. The molecule has 1 heterocycles. The van der Waals surface area contributed by atoms with Crippen molar-refractivity contribution in [3.8, 4) is 0 Å². The van der Waals surface area contributed by atoms with Crippen molar-refractivity contribution >= 4 is 40.2 Å². The minimum absolute atomic E-state index is 0.159. The van der Waals surface area contributed by atoms with Crippen LogP contribution in [0.15, 0.2) is 30.3 Å². The molecular formula is C16H20Cl2N2S. The first kappa shape index (κ1) is 16.6. The molecule has 0 bridgehead atoms. The number of nitrogens with zero attached hydrogens (tertiary/aromatic N) is 1. The van der Waals surface area contributed by atoms with Crippen LogP contribution in [-0.4, -0.2) is 13.1 Å². The van der Waals surface area contributed by atoms with Crippen molar-refractivity contribution in [2.24, 2.45) is 5.73 Å². The van der Waals surface area contributed by atoms with Crippen molar-refractivity contribution in [2.75, 3.05) is 11.9 Å². The monoisotopic (exact) mass is 342 g/mol. The molecule has 0 amide bonds. The van der Waals surface area contributed by atoms with Crippen molar-refractivity contribution in [3.05, 3.63) is 50.1 Å². The Labute approximate surface area is 140 Å². The van der Waals surface area contributed by atoms with Crippen LogP contribution in [0.4, 0.5) is 5.69 Å². The molecular weight excluding hydrogens is 323 g/mol. The van der Waals surface area contributed by atoms with Gasteiger partial charge in [-0.3, -0.25) is 0 Å². The molecule has 2 N–H and O–H groups in total. The van der Waals surface area contributed by atoms with Gasteiger partial charge in [-0.1, -0.05) is 42.3 Å². The lowest BCUT2D eigenvalue weighted by atomic mass is 10.0. The highest BCUT2D eigenvalue weighted by Crippen LogP contribution is 2.32. The second kappa shape index (κ2) is 7.50. The number of hydrogen-bond acceptors (Lipinski definition) is 3. The summed E-state index contributed by atoms with van der Waals surface area (Å²) >= 11 is 14.0. The van der Waals surface area contributed by atoms with E-state index in [2.05, 4.69) is 31.0 Å². The number of hydrogen-bond donors (Lipinski definition) is 1. The van der Waals surface area contributed by atoms with Gasteiger partial charge in [0.05, 0.1) is 21.6 Å². The highest BCUT2D eigenvalue weighted by atomic mass is 35.5. The molecule has 0 aliphatic heterocycles. The molecule has 2 nitrogen and oxygen atoms in total. The summed E-state index contributed by atoms with van der Waals surface area (Å²) in [4.78, 5) is 3.38. The van der Waals surface area contributed by atoms with E-state index in [1.807, 2.05) is 18.2 Å². The largest absolute Gasteiger partial charge is 0.368 e. The smallest absolute Gasteiger partial charge is 0.0931 e. The van der Waals surface area contributed by atoms with Crippen molar-refractivity contribution in [1.82, 2.24) is 0 Å². The number of thiophene rings is 1. The van der Waals surface area contributed by atoms with Gasteiger partial charge >= 0.3 is 0 Å². The zero-order valence-electron chi connectivity index (χ0n) is 12.3. The highest BCUT2D eigenvalue weighted by molar-refractivity contribution is 7.16. The van der Waals surface area contributed by atoms with Gasteiger partial charge in [0.25, 0.3) is 0 Å². The zero-order valence-corrected chi connectivity index (χ0v) is 14.6. The van der Waals surface area contributed by atoms with E-state index in [9.17, 15) is 0 Å². The normalized spacial score (nSPS) is 12.4. The molecule has 0 aliphatic carbocycles. The summed E-state index contributed by atoms with van der Waals surface area (Å²) in [5, 5.41) is 0.765. The number of halogens is 2. The fraction of sp³-hybridized carbons (Fsp3) is 0.375. The van der Waals surface area contributed by atoms with E-state index in [1.165, 1.54) is 10.4 Å². The lowest BCUT2D eigenvalue weighted by Gasteiger charge is -2.24. The lowest BCUT2D eigenvalue weighted by molar-refractivity contribution is 0.645. The fourth-order valence-corrected chi connectivity index (χ4v) is 3.81. The number of rotatable bonds is 6. The first-order chi connectivity index (χ1) is 10.0. The molecule has 1 unspecified atom stereocenters. The highest BCUT2D eigenvalue weighted by Gasteiger charge is 2.14. The van der Waals surface area contributed by atoms with Crippen LogP contribution < -0.4 is 10.6 Å². The molecule has 0 radical (unpaired) electrons. The van der Waals surface area contributed by atoms with Crippen LogP contribution >= 0.6 is 34.5 Å². The maximum atomic E-state index is 6.42. The van der Waals surface area contributed by atoms with E-state index in [0.717, 1.165) is 34.4 Å². The molecule has 5 heteroatoms. The molecule has 114 valence electrons. The average Bonchev–Trinajstić information content (AvgIpc) is 2.83. The van der Waals surface area contributed by atoms with E-state index in [-0.39, 0.29) is 6.04 Å². The topological polar surface area (TPSA) is 29.3 Å². The van der Waals surface area contributed by atoms with Crippen LogP contribution in [0.3, 0.4) is 0 Å². The Kier molecular flexibility index (Phi) is 5.94. The second-order valence-electron chi connectivity index (χ2n) is 5.18. The molecule has 0 spiro atoms. The van der Waals surface area contributed by atoms with Crippen LogP contribution in [-0.2, 0) is 13.0 Å². The lowest BCUT2D eigenvalue weighted by Crippen LogP contribution is -2.24. The standard InChI is InChI=1S/C16H20Cl2N2S/c1-3-12(19)9-11-5-4-6-14(17)16(11)20(2)10-13-7-8-15(18)21-13/h4-8,12H,3,9-10,19H2,1-2H3. The zero-order chi connectivity index (χ0) is 15.4. The van der Waals surface area contributed by atoms with E-state index in [1.54, 1.807) is 11.3 Å². The van der Waals surface area contributed by atoms with Gasteiger partial charge in [-0.05, 0) is 36.6 Å². The maximum Gasteiger partial charge on any atom is 0.0931 e. The molecule has 1 atom stereocenters. The van der Waals surface area contributed by atoms with Crippen LogP contribution in [0, 0.1) is 0 Å². The van der Waals surface area contributed by atoms with E-state index < -0.39 is 0 Å². The summed E-state index contributed by atoms with van der Waals surface area (Å²) in [7, 11) is 2.05. The molecule has 2 rings (SSSR count). The van der Waals surface area contributed by atoms with Gasteiger partial charge in [0.2, 0.25) is 0 Å². The molecule has 1 aromatic heterocycles. The Balaban J connectivity index is 2.24. The molecule has 21 heavy (non-hydrogen) atoms. The molecule has 1 aromatic carbocycles. The van der Waals surface area contributed by atoms with Crippen molar-refractivity contribution in [3.63, 3.8) is 0 Å². The first-order valence-corrected chi connectivity index (χ1v) is 8.56. The number of nitrogens with two attached hydrogens (primary N) is 1. The van der Waals surface area contributed by atoms with E-state index in [4.69, 9.17) is 28.9 Å². The minimum atomic E-state index is 0.159.